The van der Waals surface area contributed by atoms with E-state index in [0.717, 1.165) is 68.2 Å². The van der Waals surface area contributed by atoms with Gasteiger partial charge in [-0.1, -0.05) is 56.4 Å². The second kappa shape index (κ2) is 15.3. The minimum Gasteiger partial charge on any atom is -0.469 e. The monoisotopic (exact) mass is 607 g/mol. The van der Waals surface area contributed by atoms with Gasteiger partial charge in [-0.3, -0.25) is 9.69 Å². The van der Waals surface area contributed by atoms with Gasteiger partial charge in [-0.15, -0.1) is 11.8 Å². The van der Waals surface area contributed by atoms with E-state index in [0.29, 0.717) is 19.7 Å². The Morgan fingerprint density at radius 3 is 2.52 bits per heavy atom. The molecule has 0 spiro atoms. The van der Waals surface area contributed by atoms with Gasteiger partial charge in [0.15, 0.2) is 11.5 Å². The third-order valence-corrected chi connectivity index (χ3v) is 9.26. The second-order valence-corrected chi connectivity index (χ2v) is 12.3. The van der Waals surface area contributed by atoms with Crippen LogP contribution < -0.4 is 4.90 Å². The van der Waals surface area contributed by atoms with E-state index in [1.807, 2.05) is 6.33 Å². The van der Waals surface area contributed by atoms with Crippen molar-refractivity contribution in [2.24, 2.45) is 0 Å². The SMILES string of the molecule is COCN1c2cc(Cn3cnc4ncnc(SCCCCCCCCCCC(=O)OC)c43)ccc2Sc2nccnc21. The summed E-state index contributed by atoms with van der Waals surface area (Å²) in [6.07, 6.45) is 16.7. The van der Waals surface area contributed by atoms with Crippen LogP contribution in [0.15, 0.2) is 58.2 Å². The van der Waals surface area contributed by atoms with Crippen LogP contribution in [0.1, 0.15) is 63.4 Å². The Labute approximate surface area is 255 Å². The fourth-order valence-electron chi connectivity index (χ4n) is 5.02. The molecule has 1 aliphatic heterocycles. The third-order valence-electron chi connectivity index (χ3n) is 7.15. The minimum absolute atomic E-state index is 0.106. The van der Waals surface area contributed by atoms with E-state index in [1.54, 1.807) is 49.4 Å². The topological polar surface area (TPSA) is 108 Å². The number of ether oxygens (including phenoxy) is 2. The van der Waals surface area contributed by atoms with E-state index in [4.69, 9.17) is 9.47 Å². The first-order chi connectivity index (χ1) is 20.7. The van der Waals surface area contributed by atoms with Crippen molar-refractivity contribution in [1.29, 1.82) is 0 Å². The number of hydrogen-bond donors (Lipinski definition) is 0. The Hall–Kier alpha value is -3.22. The first-order valence-electron chi connectivity index (χ1n) is 14.4. The van der Waals surface area contributed by atoms with Crippen molar-refractivity contribution < 1.29 is 14.3 Å². The predicted molar refractivity (Wildman–Crippen MR) is 165 cm³/mol. The molecule has 0 unspecified atom stereocenters. The van der Waals surface area contributed by atoms with Gasteiger partial charge >= 0.3 is 5.97 Å². The third kappa shape index (κ3) is 7.59. The van der Waals surface area contributed by atoms with Crippen LogP contribution in [-0.4, -0.2) is 62.2 Å². The largest absolute Gasteiger partial charge is 0.469 e. The number of carbonyl (C=O) groups is 1. The number of thioether (sulfide) groups is 1. The minimum atomic E-state index is -0.106. The number of esters is 1. The summed E-state index contributed by atoms with van der Waals surface area (Å²) < 4.78 is 12.3. The van der Waals surface area contributed by atoms with Crippen LogP contribution in [0.2, 0.25) is 0 Å². The van der Waals surface area contributed by atoms with Gasteiger partial charge in [0.25, 0.3) is 0 Å². The molecular formula is C30H37N7O3S2. The maximum Gasteiger partial charge on any atom is 0.305 e. The van der Waals surface area contributed by atoms with Crippen molar-refractivity contribution in [3.05, 3.63) is 48.8 Å². The molecule has 4 aromatic rings. The Kier molecular flexibility index (Phi) is 11.0. The van der Waals surface area contributed by atoms with Gasteiger partial charge in [-0.25, -0.2) is 24.9 Å². The van der Waals surface area contributed by atoms with Crippen LogP contribution >= 0.6 is 23.5 Å². The zero-order chi connectivity index (χ0) is 29.1. The van der Waals surface area contributed by atoms with Crippen molar-refractivity contribution in [3.63, 3.8) is 0 Å². The number of imidazole rings is 1. The molecule has 0 aliphatic carbocycles. The molecule has 0 amide bonds. The summed E-state index contributed by atoms with van der Waals surface area (Å²) in [7, 11) is 3.14. The molecule has 0 bridgehead atoms. The van der Waals surface area contributed by atoms with Crippen LogP contribution in [0.3, 0.4) is 0 Å². The van der Waals surface area contributed by atoms with Gasteiger partial charge in [-0.05, 0) is 36.3 Å². The van der Waals surface area contributed by atoms with E-state index >= 15 is 0 Å². The summed E-state index contributed by atoms with van der Waals surface area (Å²) >= 11 is 3.41. The number of rotatable bonds is 16. The fourth-order valence-corrected chi connectivity index (χ4v) is 7.01. The Morgan fingerprint density at radius 2 is 1.71 bits per heavy atom. The Balaban J connectivity index is 1.15. The van der Waals surface area contributed by atoms with Crippen molar-refractivity contribution in [3.8, 4) is 0 Å². The van der Waals surface area contributed by atoms with Gasteiger partial charge in [0.2, 0.25) is 0 Å². The number of hydrogen-bond acceptors (Lipinski definition) is 11. The molecule has 1 aromatic carbocycles. The van der Waals surface area contributed by atoms with E-state index in [9.17, 15) is 4.79 Å². The lowest BCUT2D eigenvalue weighted by Crippen LogP contribution is -2.24. The molecule has 0 saturated heterocycles. The highest BCUT2D eigenvalue weighted by Gasteiger charge is 2.26. The molecule has 222 valence electrons. The number of fused-ring (bicyclic) bond motifs is 3. The molecular weight excluding hydrogens is 571 g/mol. The van der Waals surface area contributed by atoms with Crippen molar-refractivity contribution >= 4 is 52.2 Å². The average molecular weight is 608 g/mol. The van der Waals surface area contributed by atoms with Crippen molar-refractivity contribution in [2.45, 2.75) is 79.3 Å². The van der Waals surface area contributed by atoms with E-state index in [2.05, 4.69) is 52.6 Å². The smallest absolute Gasteiger partial charge is 0.305 e. The highest BCUT2D eigenvalue weighted by Crippen LogP contribution is 2.46. The number of benzene rings is 1. The standard InChI is InChI=1S/C30H37N7O3S2/c1-39-21-37-23-17-22(12-13-24(23)42-30-28(37)31-14-15-32-30)18-36-20-35-27-26(36)29(34-19-33-27)41-16-10-8-6-4-3-5-7-9-11-25(38)40-2/h12-15,17,19-20H,3-11,16,18,21H2,1-2H3. The number of carbonyl (C=O) groups excluding carboxylic acids is 1. The van der Waals surface area contributed by atoms with Crippen molar-refractivity contribution in [1.82, 2.24) is 29.5 Å². The number of anilines is 2. The lowest BCUT2D eigenvalue weighted by atomic mass is 10.1. The molecule has 0 saturated carbocycles. The maximum absolute atomic E-state index is 11.2. The molecule has 0 N–H and O–H groups in total. The first kappa shape index (κ1) is 30.2. The number of nitrogens with zero attached hydrogens (tertiary/aromatic N) is 7. The van der Waals surface area contributed by atoms with Gasteiger partial charge in [0, 0.05) is 37.4 Å². The van der Waals surface area contributed by atoms with Gasteiger partial charge in [0.05, 0.1) is 19.1 Å². The number of unbranched alkanes of at least 4 members (excludes halogenated alkanes) is 7. The molecule has 0 atom stereocenters. The van der Waals surface area contributed by atoms with Gasteiger partial charge in [-0.2, -0.15) is 0 Å². The first-order valence-corrected chi connectivity index (χ1v) is 16.2. The van der Waals surface area contributed by atoms with Gasteiger partial charge < -0.3 is 14.0 Å². The number of aromatic nitrogens is 6. The summed E-state index contributed by atoms with van der Waals surface area (Å²) in [5, 5.41) is 1.85. The quantitative estimate of drug-likeness (QED) is 0.0591. The Morgan fingerprint density at radius 1 is 0.929 bits per heavy atom. The van der Waals surface area contributed by atoms with Crippen LogP contribution in [0.5, 0.6) is 0 Å². The summed E-state index contributed by atoms with van der Waals surface area (Å²) in [6.45, 7) is 1.05. The van der Waals surface area contributed by atoms with E-state index < -0.39 is 0 Å². The summed E-state index contributed by atoms with van der Waals surface area (Å²) in [6, 6.07) is 6.49. The maximum atomic E-state index is 11.2. The van der Waals surface area contributed by atoms with Gasteiger partial charge in [0.1, 0.15) is 28.6 Å². The normalized spacial score (nSPS) is 12.4. The molecule has 5 rings (SSSR count). The summed E-state index contributed by atoms with van der Waals surface area (Å²) in [4.78, 5) is 37.1. The zero-order valence-corrected chi connectivity index (χ0v) is 25.8. The lowest BCUT2D eigenvalue weighted by molar-refractivity contribution is -0.140. The average Bonchev–Trinajstić information content (AvgIpc) is 3.43. The molecule has 3 aromatic heterocycles. The van der Waals surface area contributed by atoms with Crippen LogP contribution in [0.4, 0.5) is 11.5 Å². The summed E-state index contributed by atoms with van der Waals surface area (Å²) in [5.41, 5.74) is 3.90. The molecule has 0 fully saturated rings. The van der Waals surface area contributed by atoms with Crippen LogP contribution in [0, 0.1) is 0 Å². The molecule has 42 heavy (non-hydrogen) atoms. The predicted octanol–water partition coefficient (Wildman–Crippen LogP) is 6.65. The van der Waals surface area contributed by atoms with Crippen LogP contribution in [-0.2, 0) is 20.8 Å². The zero-order valence-electron chi connectivity index (χ0n) is 24.2. The van der Waals surface area contributed by atoms with Crippen LogP contribution in [0.25, 0.3) is 11.2 Å². The highest BCUT2D eigenvalue weighted by atomic mass is 32.2. The van der Waals surface area contributed by atoms with E-state index in [-0.39, 0.29) is 5.97 Å². The Bertz CT molecular complexity index is 1480. The highest BCUT2D eigenvalue weighted by molar-refractivity contribution is 7.99. The molecule has 0 radical (unpaired) electrons. The van der Waals surface area contributed by atoms with Crippen molar-refractivity contribution in [2.75, 3.05) is 31.6 Å². The molecule has 12 heteroatoms. The van der Waals surface area contributed by atoms with E-state index in [1.165, 1.54) is 39.2 Å². The number of methoxy groups -OCH3 is 2. The fraction of sp³-hybridized carbons (Fsp3) is 0.467. The summed E-state index contributed by atoms with van der Waals surface area (Å²) in [5.74, 6) is 1.72. The lowest BCUT2D eigenvalue weighted by Gasteiger charge is -2.30. The molecule has 10 nitrogen and oxygen atoms in total. The molecule has 1 aliphatic rings. The molecule has 4 heterocycles. The second-order valence-electron chi connectivity index (χ2n) is 10.2.